The molecule has 2 atom stereocenters. The molecule has 0 radical (unpaired) electrons. The Bertz CT molecular complexity index is 394. The maximum atomic E-state index is 9.49. The Morgan fingerprint density at radius 2 is 2.39 bits per heavy atom. The topological polar surface area (TPSA) is 87.3 Å². The second kappa shape index (κ2) is 5.73. The molecular weight excluding hydrogens is 250 g/mol. The van der Waals surface area contributed by atoms with E-state index in [-0.39, 0.29) is 12.6 Å². The smallest absolute Gasteiger partial charge is 0.191 e. The predicted octanol–water partition coefficient (Wildman–Crippen LogP) is 0.691. The fourth-order valence-corrected chi connectivity index (χ4v) is 2.67. The first-order valence-corrected chi connectivity index (χ1v) is 7.19. The molecule has 1 aliphatic heterocycles. The highest BCUT2D eigenvalue weighted by molar-refractivity contribution is 7.98. The van der Waals surface area contributed by atoms with Gasteiger partial charge in [-0.1, -0.05) is 18.7 Å². The van der Waals surface area contributed by atoms with Crippen LogP contribution in [0.5, 0.6) is 0 Å². The normalized spacial score (nSPS) is 23.4. The van der Waals surface area contributed by atoms with Crippen LogP contribution in [-0.4, -0.2) is 40.5 Å². The quantitative estimate of drug-likeness (QED) is 0.321. The molecule has 1 aliphatic rings. The van der Waals surface area contributed by atoms with Gasteiger partial charge in [0.15, 0.2) is 5.16 Å². The molecule has 0 bridgehead atoms. The Balaban J connectivity index is 2.32. The van der Waals surface area contributed by atoms with Gasteiger partial charge in [-0.3, -0.25) is 0 Å². The Hall–Kier alpha value is -1.05. The van der Waals surface area contributed by atoms with Gasteiger partial charge in [0.1, 0.15) is 11.6 Å². The Kier molecular flexibility index (Phi) is 4.26. The molecule has 100 valence electrons. The second-order valence-electron chi connectivity index (χ2n) is 4.45. The number of hydrogen-bond donors (Lipinski definition) is 3. The molecule has 1 aromatic rings. The number of aromatic nitrogens is 2. The van der Waals surface area contributed by atoms with Gasteiger partial charge in [0.25, 0.3) is 0 Å². The molecule has 2 unspecified atom stereocenters. The molecule has 7 heteroatoms. The number of hydrazine groups is 1. The lowest BCUT2D eigenvalue weighted by atomic mass is 10.0. The van der Waals surface area contributed by atoms with Crippen molar-refractivity contribution in [1.82, 2.24) is 9.97 Å². The number of rotatable bonds is 4. The number of anilines is 2. The highest BCUT2D eigenvalue weighted by atomic mass is 32.2. The molecule has 0 saturated carbocycles. The van der Waals surface area contributed by atoms with Crippen LogP contribution in [0.4, 0.5) is 11.6 Å². The maximum Gasteiger partial charge on any atom is 0.191 e. The number of hydrogen-bond acceptors (Lipinski definition) is 7. The highest BCUT2D eigenvalue weighted by Gasteiger charge is 2.31. The summed E-state index contributed by atoms with van der Waals surface area (Å²) >= 11 is 1.47. The lowest BCUT2D eigenvalue weighted by molar-refractivity contribution is 0.244. The molecule has 1 saturated heterocycles. The summed E-state index contributed by atoms with van der Waals surface area (Å²) < 4.78 is 0. The van der Waals surface area contributed by atoms with Crippen molar-refractivity contribution in [1.29, 1.82) is 0 Å². The van der Waals surface area contributed by atoms with E-state index in [1.165, 1.54) is 11.8 Å². The number of nitrogens with zero attached hydrogens (tertiary/aromatic N) is 3. The van der Waals surface area contributed by atoms with E-state index < -0.39 is 0 Å². The van der Waals surface area contributed by atoms with Crippen LogP contribution in [0.15, 0.2) is 11.2 Å². The van der Waals surface area contributed by atoms with E-state index in [1.807, 2.05) is 12.3 Å². The van der Waals surface area contributed by atoms with E-state index in [1.54, 1.807) is 0 Å². The fraction of sp³-hybridized carbons (Fsp3) is 0.636. The molecule has 1 fully saturated rings. The molecule has 4 N–H and O–H groups in total. The van der Waals surface area contributed by atoms with E-state index in [0.717, 1.165) is 18.8 Å². The third-order valence-electron chi connectivity index (χ3n) is 3.39. The number of nitrogens with two attached hydrogens (primary N) is 1. The first kappa shape index (κ1) is 13.4. The van der Waals surface area contributed by atoms with Crippen LogP contribution in [0.3, 0.4) is 0 Å². The van der Waals surface area contributed by atoms with E-state index in [0.29, 0.717) is 16.9 Å². The van der Waals surface area contributed by atoms with Crippen molar-refractivity contribution in [2.24, 2.45) is 11.8 Å². The van der Waals surface area contributed by atoms with Crippen molar-refractivity contribution < 1.29 is 5.11 Å². The van der Waals surface area contributed by atoms with Crippen LogP contribution in [-0.2, 0) is 0 Å². The summed E-state index contributed by atoms with van der Waals surface area (Å²) in [5.41, 5.74) is 2.56. The lowest BCUT2D eigenvalue weighted by Crippen LogP contribution is -2.36. The monoisotopic (exact) mass is 269 g/mol. The van der Waals surface area contributed by atoms with Crippen molar-refractivity contribution in [3.63, 3.8) is 0 Å². The fourth-order valence-electron chi connectivity index (χ4n) is 2.30. The molecule has 0 aromatic carbocycles. The largest absolute Gasteiger partial charge is 0.394 e. The number of aliphatic hydroxyl groups is 1. The highest BCUT2D eigenvalue weighted by Crippen LogP contribution is 2.30. The van der Waals surface area contributed by atoms with E-state index in [2.05, 4.69) is 27.2 Å². The lowest BCUT2D eigenvalue weighted by Gasteiger charge is -2.26. The Morgan fingerprint density at radius 3 is 3.00 bits per heavy atom. The number of nitrogen functional groups attached to an aromatic ring is 1. The number of aliphatic hydroxyl groups excluding tert-OH is 1. The summed E-state index contributed by atoms with van der Waals surface area (Å²) in [6.45, 7) is 3.20. The van der Waals surface area contributed by atoms with Gasteiger partial charge in [0, 0.05) is 12.6 Å². The molecular formula is C11H19N5OS. The van der Waals surface area contributed by atoms with Gasteiger partial charge in [-0.25, -0.2) is 15.8 Å². The van der Waals surface area contributed by atoms with E-state index in [9.17, 15) is 5.11 Å². The minimum Gasteiger partial charge on any atom is -0.394 e. The van der Waals surface area contributed by atoms with Crippen LogP contribution >= 0.6 is 11.8 Å². The summed E-state index contributed by atoms with van der Waals surface area (Å²) in [5, 5.41) is 10.2. The molecule has 2 heterocycles. The summed E-state index contributed by atoms with van der Waals surface area (Å²) in [5.74, 6) is 7.31. The molecule has 0 aliphatic carbocycles. The molecule has 2 rings (SSSR count). The summed E-state index contributed by atoms with van der Waals surface area (Å²) in [6.07, 6.45) is 2.99. The summed E-state index contributed by atoms with van der Waals surface area (Å²) in [4.78, 5) is 10.9. The molecule has 1 aromatic heterocycles. The predicted molar refractivity (Wildman–Crippen MR) is 73.6 cm³/mol. The van der Waals surface area contributed by atoms with Gasteiger partial charge in [0.2, 0.25) is 0 Å². The van der Waals surface area contributed by atoms with Crippen molar-refractivity contribution in [3.05, 3.63) is 6.07 Å². The first-order chi connectivity index (χ1) is 8.69. The van der Waals surface area contributed by atoms with Crippen molar-refractivity contribution in [2.75, 3.05) is 29.7 Å². The average Bonchev–Trinajstić information content (AvgIpc) is 2.79. The standard InChI is InChI=1S/C11H19N5OS/c1-7-3-4-16(8(7)6-17)10-5-9(15-12)13-11(14-10)18-2/h5,7-8,17H,3-4,6,12H2,1-2H3,(H,13,14,15). The van der Waals surface area contributed by atoms with E-state index >= 15 is 0 Å². The van der Waals surface area contributed by atoms with Gasteiger partial charge in [-0.15, -0.1) is 0 Å². The van der Waals surface area contributed by atoms with Gasteiger partial charge in [-0.2, -0.15) is 0 Å². The van der Waals surface area contributed by atoms with Crippen molar-refractivity contribution in [2.45, 2.75) is 24.5 Å². The Morgan fingerprint density at radius 1 is 1.61 bits per heavy atom. The maximum absolute atomic E-state index is 9.49. The van der Waals surface area contributed by atoms with Crippen molar-refractivity contribution >= 4 is 23.4 Å². The van der Waals surface area contributed by atoms with Crippen LogP contribution in [0.25, 0.3) is 0 Å². The number of thioether (sulfide) groups is 1. The number of nitrogens with one attached hydrogen (secondary N) is 1. The van der Waals surface area contributed by atoms with Crippen molar-refractivity contribution in [3.8, 4) is 0 Å². The second-order valence-corrected chi connectivity index (χ2v) is 5.23. The summed E-state index contributed by atoms with van der Waals surface area (Å²) in [6, 6.07) is 1.95. The average molecular weight is 269 g/mol. The van der Waals surface area contributed by atoms with Crippen LogP contribution in [0.2, 0.25) is 0 Å². The van der Waals surface area contributed by atoms with Gasteiger partial charge in [-0.05, 0) is 18.6 Å². The minimum atomic E-state index is 0.125. The first-order valence-electron chi connectivity index (χ1n) is 5.96. The van der Waals surface area contributed by atoms with Crippen LogP contribution in [0, 0.1) is 5.92 Å². The minimum absolute atomic E-state index is 0.125. The van der Waals surface area contributed by atoms with Crippen LogP contribution < -0.4 is 16.2 Å². The summed E-state index contributed by atoms with van der Waals surface area (Å²) in [7, 11) is 0. The third-order valence-corrected chi connectivity index (χ3v) is 3.93. The van der Waals surface area contributed by atoms with Crippen LogP contribution in [0.1, 0.15) is 13.3 Å². The molecule has 0 spiro atoms. The zero-order valence-electron chi connectivity index (χ0n) is 10.6. The third kappa shape index (κ3) is 2.52. The zero-order valence-corrected chi connectivity index (χ0v) is 11.4. The molecule has 6 nitrogen and oxygen atoms in total. The van der Waals surface area contributed by atoms with Gasteiger partial charge < -0.3 is 15.4 Å². The van der Waals surface area contributed by atoms with Gasteiger partial charge in [0.05, 0.1) is 12.6 Å². The van der Waals surface area contributed by atoms with Gasteiger partial charge >= 0.3 is 0 Å². The van der Waals surface area contributed by atoms with E-state index in [4.69, 9.17) is 5.84 Å². The SMILES string of the molecule is CSc1nc(NN)cc(N2CCC(C)C2CO)n1. The molecule has 0 amide bonds. The molecule has 18 heavy (non-hydrogen) atoms. The zero-order chi connectivity index (χ0) is 13.1. The Labute approximate surface area is 111 Å².